The number of carbonyl (C=O) groups is 4. The number of aromatic nitrogens is 2. The van der Waals surface area contributed by atoms with E-state index in [1.54, 1.807) is 45.8 Å². The van der Waals surface area contributed by atoms with E-state index in [9.17, 15) is 28.8 Å². The largest absolute Gasteiger partial charge is 0.296 e. The minimum atomic E-state index is -0.438. The van der Waals surface area contributed by atoms with Gasteiger partial charge in [-0.2, -0.15) is 0 Å². The molecule has 1 unspecified atom stereocenters. The van der Waals surface area contributed by atoms with Crippen molar-refractivity contribution in [1.29, 1.82) is 0 Å². The van der Waals surface area contributed by atoms with Gasteiger partial charge in [0, 0.05) is 71.3 Å². The lowest BCUT2D eigenvalue weighted by Crippen LogP contribution is -2.39. The molecule has 10 nitrogen and oxygen atoms in total. The highest BCUT2D eigenvalue weighted by Crippen LogP contribution is 2.37. The molecule has 0 bridgehead atoms. The number of piperidine rings is 2. The first kappa shape index (κ1) is 39.3. The zero-order valence-electron chi connectivity index (χ0n) is 30.0. The van der Waals surface area contributed by atoms with Crippen molar-refractivity contribution in [3.63, 3.8) is 0 Å². The van der Waals surface area contributed by atoms with Crippen LogP contribution < -0.4 is 21.8 Å². The van der Waals surface area contributed by atoms with Gasteiger partial charge in [-0.15, -0.1) is 0 Å². The molecule has 0 aliphatic carbocycles. The van der Waals surface area contributed by atoms with Crippen LogP contribution in [0.25, 0.3) is 33.6 Å². The van der Waals surface area contributed by atoms with Gasteiger partial charge in [-0.3, -0.25) is 48.5 Å². The van der Waals surface area contributed by atoms with Crippen molar-refractivity contribution in [3.8, 4) is 33.6 Å². The SMILES string of the molecule is O=C1CCC(c2cccc(-c3ccc(-n4ccccc4=O)cc3)c2Cl)C(=O)N1.O=C1CCCC(=O)N1.O=c1ccccn1-c1ccc(-c2ccccc2Cl)cc1. The summed E-state index contributed by atoms with van der Waals surface area (Å²) >= 11 is 12.8. The van der Waals surface area contributed by atoms with E-state index in [0.29, 0.717) is 42.7 Å². The average molecular weight is 788 g/mol. The number of hydrogen-bond acceptors (Lipinski definition) is 6. The van der Waals surface area contributed by atoms with Crippen LogP contribution in [0.5, 0.6) is 0 Å². The zero-order chi connectivity index (χ0) is 39.6. The van der Waals surface area contributed by atoms with Crippen LogP contribution in [0, 0.1) is 0 Å². The average Bonchev–Trinajstić information content (AvgIpc) is 3.20. The summed E-state index contributed by atoms with van der Waals surface area (Å²) in [6.45, 7) is 0. The van der Waals surface area contributed by atoms with Crippen LogP contribution in [-0.2, 0) is 19.2 Å². The van der Waals surface area contributed by atoms with Crippen LogP contribution in [-0.4, -0.2) is 32.8 Å². The number of rotatable bonds is 5. The Morgan fingerprint density at radius 3 is 1.50 bits per heavy atom. The molecule has 282 valence electrons. The molecule has 4 amide bonds. The molecule has 8 rings (SSSR count). The number of amides is 4. The Labute approximate surface area is 332 Å². The van der Waals surface area contributed by atoms with E-state index in [0.717, 1.165) is 38.7 Å². The normalized spacial score (nSPS) is 15.0. The topological polar surface area (TPSA) is 136 Å². The zero-order valence-corrected chi connectivity index (χ0v) is 31.5. The van der Waals surface area contributed by atoms with Gasteiger partial charge in [-0.05, 0) is 72.0 Å². The summed E-state index contributed by atoms with van der Waals surface area (Å²) in [4.78, 5) is 68.1. The number of pyridine rings is 2. The lowest BCUT2D eigenvalue weighted by Gasteiger charge is -2.23. The third kappa shape index (κ3) is 9.65. The molecule has 2 aliphatic rings. The summed E-state index contributed by atoms with van der Waals surface area (Å²) in [7, 11) is 0. The summed E-state index contributed by atoms with van der Waals surface area (Å²) in [5, 5.41) is 5.80. The molecule has 0 spiro atoms. The Morgan fingerprint density at radius 1 is 0.500 bits per heavy atom. The highest BCUT2D eigenvalue weighted by Gasteiger charge is 2.30. The summed E-state index contributed by atoms with van der Waals surface area (Å²) in [5.74, 6) is -1.27. The first-order chi connectivity index (χ1) is 27.1. The van der Waals surface area contributed by atoms with Gasteiger partial charge in [-0.1, -0.05) is 96.0 Å². The Morgan fingerprint density at radius 2 is 1.00 bits per heavy atom. The predicted molar refractivity (Wildman–Crippen MR) is 217 cm³/mol. The lowest BCUT2D eigenvalue weighted by atomic mass is 9.88. The Bertz CT molecular complexity index is 2500. The van der Waals surface area contributed by atoms with Crippen LogP contribution >= 0.6 is 23.2 Å². The quantitative estimate of drug-likeness (QED) is 0.172. The molecule has 4 aromatic carbocycles. The van der Waals surface area contributed by atoms with Crippen LogP contribution in [0.1, 0.15) is 43.6 Å². The number of imide groups is 2. The van der Waals surface area contributed by atoms with Gasteiger partial charge in [0.25, 0.3) is 11.1 Å². The fraction of sp³-hybridized carbons (Fsp3) is 0.136. The number of nitrogens with zero attached hydrogens (tertiary/aromatic N) is 2. The van der Waals surface area contributed by atoms with E-state index >= 15 is 0 Å². The highest BCUT2D eigenvalue weighted by atomic mass is 35.5. The van der Waals surface area contributed by atoms with Gasteiger partial charge in [0.05, 0.1) is 10.9 Å². The van der Waals surface area contributed by atoms with E-state index in [1.807, 2.05) is 97.1 Å². The number of benzene rings is 4. The second kappa shape index (κ2) is 18.3. The molecule has 2 saturated heterocycles. The van der Waals surface area contributed by atoms with Crippen LogP contribution in [0.15, 0.2) is 149 Å². The molecule has 2 aliphatic heterocycles. The maximum Gasteiger partial charge on any atom is 0.255 e. The van der Waals surface area contributed by atoms with Crippen LogP contribution in [0.2, 0.25) is 10.0 Å². The van der Waals surface area contributed by atoms with Gasteiger partial charge in [0.1, 0.15) is 0 Å². The molecule has 6 aromatic rings. The van der Waals surface area contributed by atoms with E-state index in [2.05, 4.69) is 10.6 Å². The molecular weight excluding hydrogens is 751 g/mol. The molecule has 0 saturated carbocycles. The van der Waals surface area contributed by atoms with Crippen molar-refractivity contribution < 1.29 is 19.2 Å². The molecule has 56 heavy (non-hydrogen) atoms. The number of halogens is 2. The lowest BCUT2D eigenvalue weighted by molar-refractivity contribution is -0.135. The molecule has 2 fully saturated rings. The third-order valence-corrected chi connectivity index (χ3v) is 9.91. The molecule has 2 N–H and O–H groups in total. The van der Waals surface area contributed by atoms with Crippen LogP contribution in [0.4, 0.5) is 0 Å². The van der Waals surface area contributed by atoms with Crippen molar-refractivity contribution in [2.45, 2.75) is 38.0 Å². The number of carbonyl (C=O) groups excluding carboxylic acids is 4. The van der Waals surface area contributed by atoms with Gasteiger partial charge in [-0.25, -0.2) is 0 Å². The smallest absolute Gasteiger partial charge is 0.255 e. The van der Waals surface area contributed by atoms with Crippen LogP contribution in [0.3, 0.4) is 0 Å². The maximum absolute atomic E-state index is 12.2. The second-order valence-electron chi connectivity index (χ2n) is 12.9. The summed E-state index contributed by atoms with van der Waals surface area (Å²) in [6.07, 6.45) is 5.95. The van der Waals surface area contributed by atoms with Crippen molar-refractivity contribution in [2.24, 2.45) is 0 Å². The first-order valence-electron chi connectivity index (χ1n) is 17.9. The van der Waals surface area contributed by atoms with E-state index in [1.165, 1.54) is 6.07 Å². The van der Waals surface area contributed by atoms with Crippen molar-refractivity contribution in [1.82, 2.24) is 19.8 Å². The second-order valence-corrected chi connectivity index (χ2v) is 13.7. The van der Waals surface area contributed by atoms with Gasteiger partial charge in [0.2, 0.25) is 23.6 Å². The van der Waals surface area contributed by atoms with Gasteiger partial charge < -0.3 is 0 Å². The summed E-state index contributed by atoms with van der Waals surface area (Å²) in [6, 6.07) is 38.7. The van der Waals surface area contributed by atoms with E-state index in [4.69, 9.17) is 23.2 Å². The fourth-order valence-corrected chi connectivity index (χ4v) is 6.91. The highest BCUT2D eigenvalue weighted by molar-refractivity contribution is 6.34. The Hall–Kier alpha value is -6.36. The van der Waals surface area contributed by atoms with E-state index < -0.39 is 5.92 Å². The minimum absolute atomic E-state index is 0.0435. The summed E-state index contributed by atoms with van der Waals surface area (Å²) < 4.78 is 3.17. The maximum atomic E-state index is 12.2. The Kier molecular flexibility index (Phi) is 12.9. The van der Waals surface area contributed by atoms with Gasteiger partial charge >= 0.3 is 0 Å². The standard InChI is InChI=1S/C22H17ClN2O3.C17H12ClNO.C5H7NO2/c23-21-16(4-3-5-17(21)18-11-12-19(26)24-22(18)28)14-7-9-15(10-8-14)25-13-2-1-6-20(25)27;18-16-6-2-1-5-15(16)13-8-10-14(11-9-13)19-12-4-3-7-17(19)20;7-4-2-1-3-5(8)6-4/h1-10,13,18H,11-12H2,(H,24,26,28);1-12H;1-3H2,(H,6,7,8). The van der Waals surface area contributed by atoms with Crippen molar-refractivity contribution >= 4 is 46.8 Å². The van der Waals surface area contributed by atoms with E-state index in [-0.39, 0.29) is 34.7 Å². The van der Waals surface area contributed by atoms with Crippen molar-refractivity contribution in [2.75, 3.05) is 0 Å². The fourth-order valence-electron chi connectivity index (χ4n) is 6.30. The molecule has 1 atom stereocenters. The molecule has 2 aromatic heterocycles. The molecule has 12 heteroatoms. The third-order valence-electron chi connectivity index (χ3n) is 9.16. The molecular formula is C44H36Cl2N4O6. The number of nitrogens with one attached hydrogen (secondary N) is 2. The first-order valence-corrected chi connectivity index (χ1v) is 18.6. The van der Waals surface area contributed by atoms with Crippen molar-refractivity contribution in [3.05, 3.63) is 176 Å². The Balaban J connectivity index is 0.000000164. The minimum Gasteiger partial charge on any atom is -0.296 e. The van der Waals surface area contributed by atoms with Gasteiger partial charge in [0.15, 0.2) is 0 Å². The monoisotopic (exact) mass is 786 g/mol. The summed E-state index contributed by atoms with van der Waals surface area (Å²) in [5.41, 5.74) is 5.86. The molecule has 0 radical (unpaired) electrons. The molecule has 4 heterocycles. The predicted octanol–water partition coefficient (Wildman–Crippen LogP) is 7.65. The number of hydrogen-bond donors (Lipinski definition) is 2.